The Morgan fingerprint density at radius 1 is 0.289 bits per heavy atom. The first-order valence-corrected chi connectivity index (χ1v) is 26.7. The summed E-state index contributed by atoms with van der Waals surface area (Å²) in [6, 6.07) is 79.9. The van der Waals surface area contributed by atoms with Gasteiger partial charge in [0.15, 0.2) is 11.2 Å². The van der Waals surface area contributed by atoms with E-state index in [2.05, 4.69) is 270 Å². The molecule has 0 spiro atoms. The number of hydrogen-bond acceptors (Lipinski definition) is 4. The maximum Gasteiger partial charge on any atom is 0.159 e. The van der Waals surface area contributed by atoms with Crippen LogP contribution in [0.5, 0.6) is 0 Å². The number of furan rings is 2. The van der Waals surface area contributed by atoms with E-state index in [-0.39, 0.29) is 11.8 Å². The number of para-hydroxylation sites is 4. The molecule has 4 heteroatoms. The number of nitrogens with zero attached hydrogens (tertiary/aromatic N) is 2. The zero-order valence-electron chi connectivity index (χ0n) is 43.7. The van der Waals surface area contributed by atoms with Gasteiger partial charge in [0.25, 0.3) is 0 Å². The largest absolute Gasteiger partial charge is 0.454 e. The van der Waals surface area contributed by atoms with Crippen molar-refractivity contribution in [1.82, 2.24) is 0 Å². The summed E-state index contributed by atoms with van der Waals surface area (Å²) in [6.45, 7) is 13.8. The fourth-order valence-corrected chi connectivity index (χ4v) is 12.3. The van der Waals surface area contributed by atoms with Gasteiger partial charge in [0, 0.05) is 43.7 Å². The van der Waals surface area contributed by atoms with Crippen LogP contribution in [-0.2, 0) is 0 Å². The summed E-state index contributed by atoms with van der Waals surface area (Å²) >= 11 is 0. The predicted molar refractivity (Wildman–Crippen MR) is 323 cm³/mol. The molecular weight excluding hydrogens is 925 g/mol. The molecule has 4 nitrogen and oxygen atoms in total. The average molecular weight is 981 g/mol. The first-order valence-electron chi connectivity index (χ1n) is 26.7. The Morgan fingerprint density at radius 2 is 0.724 bits per heavy atom. The number of anilines is 6. The molecule has 14 aromatic rings. The number of hydrogen-bond donors (Lipinski definition) is 0. The lowest BCUT2D eigenvalue weighted by atomic mass is 9.83. The number of fused-ring (bicyclic) bond motifs is 6. The Balaban J connectivity index is 1.12. The zero-order valence-corrected chi connectivity index (χ0v) is 43.7. The molecule has 0 radical (unpaired) electrons. The molecule has 76 heavy (non-hydrogen) atoms. The molecule has 0 atom stereocenters. The third-order valence-corrected chi connectivity index (χ3v) is 16.0. The van der Waals surface area contributed by atoms with E-state index in [9.17, 15) is 0 Å². The number of benzene rings is 12. The van der Waals surface area contributed by atoms with Gasteiger partial charge >= 0.3 is 0 Å². The lowest BCUT2D eigenvalue weighted by Crippen LogP contribution is -2.15. The summed E-state index contributed by atoms with van der Waals surface area (Å²) in [4.78, 5) is 5.00. The van der Waals surface area contributed by atoms with Gasteiger partial charge in [-0.15, -0.1) is 0 Å². The normalized spacial score (nSPS) is 12.1. The SMILES string of the molecule is Cc1ccc(-c2ccccc2)cc1N(c1cc2c(C(C)C)cc(N(c3cc(-c4ccccc4)ccc3C)c3cccc4c3oc3ccccc34)c3ccc4c(C(C)C)ccc1c4c23)c1cccc2c1oc1ccccc12. The van der Waals surface area contributed by atoms with E-state index in [1.807, 2.05) is 0 Å². The highest BCUT2D eigenvalue weighted by Gasteiger charge is 2.30. The molecule has 0 saturated carbocycles. The van der Waals surface area contributed by atoms with E-state index in [0.717, 1.165) is 100 Å². The van der Waals surface area contributed by atoms with E-state index in [4.69, 9.17) is 8.83 Å². The molecule has 14 rings (SSSR count). The number of rotatable bonds is 10. The minimum Gasteiger partial charge on any atom is -0.454 e. The summed E-state index contributed by atoms with van der Waals surface area (Å²) in [5.41, 5.74) is 19.4. The monoisotopic (exact) mass is 980 g/mol. The molecule has 0 unspecified atom stereocenters. The first kappa shape index (κ1) is 45.5. The Kier molecular flexibility index (Phi) is 10.6. The van der Waals surface area contributed by atoms with Gasteiger partial charge in [0.2, 0.25) is 0 Å². The van der Waals surface area contributed by atoms with E-state index in [1.165, 1.54) is 54.6 Å². The van der Waals surface area contributed by atoms with Crippen LogP contribution >= 0.6 is 0 Å². The van der Waals surface area contributed by atoms with Crippen molar-refractivity contribution >= 4 is 110 Å². The molecule has 2 heterocycles. The number of aryl methyl sites for hydroxylation is 2. The van der Waals surface area contributed by atoms with Crippen LogP contribution < -0.4 is 9.80 Å². The fraction of sp³-hybridized carbons (Fsp3) is 0.111. The van der Waals surface area contributed by atoms with Crippen LogP contribution in [0.3, 0.4) is 0 Å². The average Bonchev–Trinajstić information content (AvgIpc) is 4.17. The molecule has 0 aliphatic carbocycles. The summed E-state index contributed by atoms with van der Waals surface area (Å²) in [6.07, 6.45) is 0. The molecule has 12 aromatic carbocycles. The molecule has 0 bridgehead atoms. The zero-order chi connectivity index (χ0) is 51.3. The maximum absolute atomic E-state index is 6.98. The van der Waals surface area contributed by atoms with Crippen molar-refractivity contribution in [2.45, 2.75) is 53.4 Å². The highest BCUT2D eigenvalue weighted by molar-refractivity contribution is 6.31. The minimum absolute atomic E-state index is 0.150. The van der Waals surface area contributed by atoms with Crippen molar-refractivity contribution in [3.05, 3.63) is 241 Å². The van der Waals surface area contributed by atoms with Crippen LogP contribution in [0.1, 0.15) is 61.8 Å². The van der Waals surface area contributed by atoms with Crippen molar-refractivity contribution in [1.29, 1.82) is 0 Å². The van der Waals surface area contributed by atoms with Gasteiger partial charge in [0.1, 0.15) is 11.2 Å². The predicted octanol–water partition coefficient (Wildman–Crippen LogP) is 21.5. The molecule has 366 valence electrons. The van der Waals surface area contributed by atoms with Crippen molar-refractivity contribution < 1.29 is 8.83 Å². The summed E-state index contributed by atoms with van der Waals surface area (Å²) in [5, 5.41) is 11.8. The smallest absolute Gasteiger partial charge is 0.159 e. The maximum atomic E-state index is 6.98. The Labute approximate surface area is 443 Å². The quantitative estimate of drug-likeness (QED) is 0.128. The molecule has 0 N–H and O–H groups in total. The highest BCUT2D eigenvalue weighted by atomic mass is 16.3. The topological polar surface area (TPSA) is 32.8 Å². The second-order valence-electron chi connectivity index (χ2n) is 21.3. The summed E-state index contributed by atoms with van der Waals surface area (Å²) in [5.74, 6) is 0.435. The molecule has 0 aliphatic rings. The fourth-order valence-electron chi connectivity index (χ4n) is 12.3. The summed E-state index contributed by atoms with van der Waals surface area (Å²) < 4.78 is 14.0. The van der Waals surface area contributed by atoms with E-state index in [1.54, 1.807) is 0 Å². The second-order valence-corrected chi connectivity index (χ2v) is 21.3. The van der Waals surface area contributed by atoms with E-state index < -0.39 is 0 Å². The van der Waals surface area contributed by atoms with Gasteiger partial charge in [-0.1, -0.05) is 198 Å². The Morgan fingerprint density at radius 3 is 1.24 bits per heavy atom. The van der Waals surface area contributed by atoms with E-state index >= 15 is 0 Å². The van der Waals surface area contributed by atoms with Gasteiger partial charge in [-0.2, -0.15) is 0 Å². The molecule has 0 aliphatic heterocycles. The molecule has 0 fully saturated rings. The second kappa shape index (κ2) is 17.8. The first-order chi connectivity index (χ1) is 37.2. The van der Waals surface area contributed by atoms with Crippen molar-refractivity contribution in [2.24, 2.45) is 0 Å². The van der Waals surface area contributed by atoms with Gasteiger partial charge in [-0.25, -0.2) is 0 Å². The summed E-state index contributed by atoms with van der Waals surface area (Å²) in [7, 11) is 0. The van der Waals surface area contributed by atoms with Crippen molar-refractivity contribution in [3.63, 3.8) is 0 Å². The van der Waals surface area contributed by atoms with Crippen molar-refractivity contribution in [3.8, 4) is 22.3 Å². The Bertz CT molecular complexity index is 4560. The van der Waals surface area contributed by atoms with Gasteiger partial charge in [-0.3, -0.25) is 0 Å². The standard InChI is InChI=1S/C72H56N2O2/c1-43(2)51-35-37-57-66(74(64-40-50(34-32-46(64)6)48-21-11-8-12-22-48)62-28-18-26-56-53-24-14-16-30-68(53)76-72(56)62)42-60-59(44(3)4)41-65(58-38-36-54(51)69(57)70(58)60)73(63-39-49(33-31-45(63)5)47-19-9-7-10-20-47)61-27-17-25-55-52-23-13-15-29-67(52)75-71(55)61/h7-44H,1-6H3. The third-order valence-electron chi connectivity index (χ3n) is 16.0. The van der Waals surface area contributed by atoms with Crippen LogP contribution in [-0.4, -0.2) is 0 Å². The van der Waals surface area contributed by atoms with Crippen LogP contribution in [0, 0.1) is 13.8 Å². The molecular formula is C72H56N2O2. The van der Waals surface area contributed by atoms with Gasteiger partial charge in [-0.05, 0) is 140 Å². The van der Waals surface area contributed by atoms with Crippen LogP contribution in [0.2, 0.25) is 0 Å². The van der Waals surface area contributed by atoms with Crippen molar-refractivity contribution in [2.75, 3.05) is 9.80 Å². The molecule has 0 saturated heterocycles. The van der Waals surface area contributed by atoms with Crippen LogP contribution in [0.25, 0.3) is 98.4 Å². The van der Waals surface area contributed by atoms with Gasteiger partial charge in [0.05, 0.1) is 22.7 Å². The molecule has 0 amide bonds. The van der Waals surface area contributed by atoms with Crippen LogP contribution in [0.15, 0.2) is 227 Å². The van der Waals surface area contributed by atoms with Crippen LogP contribution in [0.4, 0.5) is 34.1 Å². The lowest BCUT2D eigenvalue weighted by molar-refractivity contribution is 0.668. The lowest BCUT2D eigenvalue weighted by Gasteiger charge is -2.33. The highest BCUT2D eigenvalue weighted by Crippen LogP contribution is 2.54. The molecule has 2 aromatic heterocycles. The Hall–Kier alpha value is -9.12. The minimum atomic E-state index is 0.150. The third kappa shape index (κ3) is 7.12. The van der Waals surface area contributed by atoms with Gasteiger partial charge < -0.3 is 18.6 Å². The van der Waals surface area contributed by atoms with E-state index in [0.29, 0.717) is 0 Å².